The van der Waals surface area contributed by atoms with E-state index in [1.165, 1.54) is 53.6 Å². The lowest BCUT2D eigenvalue weighted by Gasteiger charge is -2.39. The molecule has 0 aromatic carbocycles. The summed E-state index contributed by atoms with van der Waals surface area (Å²) in [7, 11) is -3.64. The summed E-state index contributed by atoms with van der Waals surface area (Å²) in [6.45, 7) is 27.5. The maximum absolute atomic E-state index is 10.6. The van der Waals surface area contributed by atoms with E-state index in [0.29, 0.717) is 30.4 Å². The zero-order valence-electron chi connectivity index (χ0n) is 36.5. The Bertz CT molecular complexity index is 1500. The lowest BCUT2D eigenvalue weighted by Crippen LogP contribution is -2.44. The highest BCUT2D eigenvalue weighted by Gasteiger charge is 2.40. The normalized spacial score (nSPS) is 13.8. The molecule has 0 saturated heterocycles. The van der Waals surface area contributed by atoms with Gasteiger partial charge in [-0.15, -0.1) is 34.5 Å². The minimum Gasteiger partial charge on any atom is -0.481 e. The number of hydrogen-bond acceptors (Lipinski definition) is 6. The summed E-state index contributed by atoms with van der Waals surface area (Å²) in [5, 5.41) is 19.1. The molecule has 3 unspecified atom stereocenters. The molecule has 2 heterocycles. The fourth-order valence-corrected chi connectivity index (χ4v) is 10.3. The SMILES string of the molecule is CCCCCC#CCC(O[Si](C)(C)C(C)(C)C)c1ccc(C#CC(O)CCCC(=O)O)s1.CCCCCCC(CCc1ccc(Br)s1)O[Si](C)(C)C(C)(C)C. The summed E-state index contributed by atoms with van der Waals surface area (Å²) in [6, 6.07) is 8.43. The minimum absolute atomic E-state index is 0.0494. The Morgan fingerprint density at radius 1 is 0.800 bits per heavy atom. The van der Waals surface area contributed by atoms with Gasteiger partial charge in [-0.2, -0.15) is 0 Å². The van der Waals surface area contributed by atoms with Gasteiger partial charge in [-0.1, -0.05) is 106 Å². The molecule has 10 heteroatoms. The fraction of sp³-hybridized carbons (Fsp3) is 0.711. The number of carboxylic acid groups (broad SMARTS) is 1. The Labute approximate surface area is 355 Å². The first kappa shape index (κ1) is 51.8. The van der Waals surface area contributed by atoms with E-state index in [2.05, 4.69) is 139 Å². The third-order valence-electron chi connectivity index (χ3n) is 10.7. The maximum atomic E-state index is 10.6. The molecule has 0 aliphatic heterocycles. The van der Waals surface area contributed by atoms with E-state index in [1.54, 1.807) is 11.3 Å². The van der Waals surface area contributed by atoms with Crippen molar-refractivity contribution in [1.82, 2.24) is 0 Å². The molecule has 0 fully saturated rings. The van der Waals surface area contributed by atoms with E-state index < -0.39 is 28.7 Å². The number of aliphatic carboxylic acids is 1. The molecule has 0 aliphatic rings. The van der Waals surface area contributed by atoms with E-state index in [1.807, 2.05) is 17.4 Å². The van der Waals surface area contributed by atoms with Gasteiger partial charge in [0.25, 0.3) is 0 Å². The molecule has 0 bridgehead atoms. The fourth-order valence-electron chi connectivity index (χ4n) is 5.16. The van der Waals surface area contributed by atoms with Crippen LogP contribution in [0.15, 0.2) is 28.1 Å². The van der Waals surface area contributed by atoms with Gasteiger partial charge in [-0.25, -0.2) is 0 Å². The van der Waals surface area contributed by atoms with Crippen LogP contribution in [0.1, 0.15) is 166 Å². The molecule has 0 spiro atoms. The molecular weight excluding hydrogens is 821 g/mol. The average molecular weight is 896 g/mol. The molecule has 0 amide bonds. The molecule has 2 aromatic rings. The number of unbranched alkanes of at least 4 members (excludes halogenated alkanes) is 6. The molecule has 312 valence electrons. The average Bonchev–Trinajstić information content (AvgIpc) is 3.73. The summed E-state index contributed by atoms with van der Waals surface area (Å²) < 4.78 is 14.7. The Balaban J connectivity index is 0.000000580. The monoisotopic (exact) mass is 894 g/mol. The summed E-state index contributed by atoms with van der Waals surface area (Å²) in [4.78, 5) is 14.0. The Morgan fingerprint density at radius 3 is 2.02 bits per heavy atom. The topological polar surface area (TPSA) is 76.0 Å². The third-order valence-corrected chi connectivity index (χ3v) is 22.5. The van der Waals surface area contributed by atoms with E-state index in [0.717, 1.165) is 35.4 Å². The van der Waals surface area contributed by atoms with Gasteiger partial charge in [-0.3, -0.25) is 4.79 Å². The van der Waals surface area contributed by atoms with Crippen molar-refractivity contribution in [3.05, 3.63) is 42.7 Å². The molecule has 5 nitrogen and oxygen atoms in total. The number of carboxylic acids is 1. The largest absolute Gasteiger partial charge is 0.481 e. The number of thiophene rings is 2. The summed E-state index contributed by atoms with van der Waals surface area (Å²) >= 11 is 7.01. The number of aryl methyl sites for hydroxylation is 1. The number of aliphatic hydroxyl groups excluding tert-OH is 1. The molecular formula is C45H75BrO5S2Si2. The summed E-state index contributed by atoms with van der Waals surface area (Å²) in [6.07, 6.45) is 14.4. The van der Waals surface area contributed by atoms with Gasteiger partial charge in [0.05, 0.1) is 14.8 Å². The molecule has 3 atom stereocenters. The van der Waals surface area contributed by atoms with Crippen LogP contribution in [0, 0.1) is 23.7 Å². The van der Waals surface area contributed by atoms with Gasteiger partial charge in [0.1, 0.15) is 6.10 Å². The van der Waals surface area contributed by atoms with Crippen LogP contribution in [0.25, 0.3) is 0 Å². The number of aliphatic hydroxyl groups is 1. The van der Waals surface area contributed by atoms with Crippen molar-refractivity contribution < 1.29 is 23.9 Å². The zero-order chi connectivity index (χ0) is 41.7. The van der Waals surface area contributed by atoms with Crippen molar-refractivity contribution in [2.24, 2.45) is 0 Å². The van der Waals surface area contributed by atoms with Crippen LogP contribution < -0.4 is 0 Å². The second kappa shape index (κ2) is 26.0. The Kier molecular flexibility index (Phi) is 24.5. The Hall–Kier alpha value is -1.22. The van der Waals surface area contributed by atoms with Crippen LogP contribution in [0.3, 0.4) is 0 Å². The molecule has 2 aromatic heterocycles. The standard InChI is InChI=1S/C26H40O4SSi.C19H35BrOSSi/c1-7-8-9-10-11-12-15-23(30-32(5,6)26(2,3)4)24-20-19-22(31-24)18-17-21(27)14-13-16-25(28)29;1-7-8-9-10-11-16(21-23(5,6)19(2,3)4)12-13-17-14-15-18(20)22-17/h19-21,23,27H,7-10,13-16H2,1-6H3,(H,28,29);14-16H,7-13H2,1-6H3. The van der Waals surface area contributed by atoms with E-state index in [9.17, 15) is 9.90 Å². The third kappa shape index (κ3) is 21.9. The van der Waals surface area contributed by atoms with Crippen LogP contribution in [-0.4, -0.2) is 45.0 Å². The second-order valence-corrected chi connectivity index (χ2v) is 30.9. The second-order valence-electron chi connectivity index (χ2n) is 17.7. The van der Waals surface area contributed by atoms with Crippen molar-refractivity contribution in [3.8, 4) is 23.7 Å². The van der Waals surface area contributed by atoms with Crippen LogP contribution in [0.4, 0.5) is 0 Å². The van der Waals surface area contributed by atoms with Crippen LogP contribution in [-0.2, 0) is 20.1 Å². The summed E-state index contributed by atoms with van der Waals surface area (Å²) in [5.41, 5.74) is 0. The first-order valence-corrected chi connectivity index (χ1v) is 28.9. The van der Waals surface area contributed by atoms with Gasteiger partial charge in [0.15, 0.2) is 16.6 Å². The predicted molar refractivity (Wildman–Crippen MR) is 247 cm³/mol. The predicted octanol–water partition coefficient (Wildman–Crippen LogP) is 14.6. The van der Waals surface area contributed by atoms with E-state index in [4.69, 9.17) is 14.0 Å². The van der Waals surface area contributed by atoms with Crippen LogP contribution in [0.5, 0.6) is 0 Å². The van der Waals surface area contributed by atoms with Crippen molar-refractivity contribution in [2.45, 2.75) is 206 Å². The number of carbonyl (C=O) groups is 1. The molecule has 2 N–H and O–H groups in total. The highest BCUT2D eigenvalue weighted by molar-refractivity contribution is 9.11. The van der Waals surface area contributed by atoms with Crippen molar-refractivity contribution in [3.63, 3.8) is 0 Å². The molecule has 0 aliphatic carbocycles. The minimum atomic E-state index is -1.97. The quantitative estimate of drug-likeness (QED) is 0.0742. The van der Waals surface area contributed by atoms with Gasteiger partial charge < -0.3 is 19.1 Å². The van der Waals surface area contributed by atoms with E-state index >= 15 is 0 Å². The maximum Gasteiger partial charge on any atom is 0.303 e. The highest BCUT2D eigenvalue weighted by atomic mass is 79.9. The number of halogens is 1. The van der Waals surface area contributed by atoms with Gasteiger partial charge in [0, 0.05) is 35.1 Å². The highest BCUT2D eigenvalue weighted by Crippen LogP contribution is 2.42. The lowest BCUT2D eigenvalue weighted by atomic mass is 10.1. The molecule has 0 radical (unpaired) electrons. The van der Waals surface area contributed by atoms with Gasteiger partial charge >= 0.3 is 5.97 Å². The van der Waals surface area contributed by atoms with Crippen molar-refractivity contribution in [1.29, 1.82) is 0 Å². The molecule has 0 saturated carbocycles. The molecule has 2 rings (SSSR count). The first-order valence-electron chi connectivity index (χ1n) is 20.7. The lowest BCUT2D eigenvalue weighted by molar-refractivity contribution is -0.137. The zero-order valence-corrected chi connectivity index (χ0v) is 41.7. The van der Waals surface area contributed by atoms with Crippen LogP contribution in [0.2, 0.25) is 36.3 Å². The van der Waals surface area contributed by atoms with Gasteiger partial charge in [-0.05, 0) is 115 Å². The van der Waals surface area contributed by atoms with Crippen molar-refractivity contribution in [2.75, 3.05) is 0 Å². The number of rotatable bonds is 21. The Morgan fingerprint density at radius 2 is 1.44 bits per heavy atom. The molecule has 55 heavy (non-hydrogen) atoms. The van der Waals surface area contributed by atoms with Crippen molar-refractivity contribution >= 4 is 61.2 Å². The van der Waals surface area contributed by atoms with E-state index in [-0.39, 0.29) is 17.6 Å². The smallest absolute Gasteiger partial charge is 0.303 e. The first-order chi connectivity index (χ1) is 25.6. The van der Waals surface area contributed by atoms with Crippen LogP contribution >= 0.6 is 38.6 Å². The summed E-state index contributed by atoms with van der Waals surface area (Å²) in [5.74, 6) is 11.7. The number of hydrogen-bond donors (Lipinski definition) is 2. The van der Waals surface area contributed by atoms with Gasteiger partial charge in [0.2, 0.25) is 0 Å².